The van der Waals surface area contributed by atoms with Gasteiger partial charge in [0.1, 0.15) is 6.33 Å². The van der Waals surface area contributed by atoms with E-state index < -0.39 is 10.1 Å². The van der Waals surface area contributed by atoms with E-state index in [0.29, 0.717) is 39.1 Å². The molecule has 0 saturated carbocycles. The van der Waals surface area contributed by atoms with Crippen molar-refractivity contribution >= 4 is 38.2 Å². The summed E-state index contributed by atoms with van der Waals surface area (Å²) in [6.45, 7) is 0. The van der Waals surface area contributed by atoms with Crippen LogP contribution >= 0.6 is 0 Å². The first-order valence-electron chi connectivity index (χ1n) is 8.70. The van der Waals surface area contributed by atoms with Gasteiger partial charge in [-0.15, -0.1) is 0 Å². The van der Waals surface area contributed by atoms with E-state index in [9.17, 15) is 13.2 Å². The van der Waals surface area contributed by atoms with Gasteiger partial charge < -0.3 is 5.32 Å². The van der Waals surface area contributed by atoms with E-state index in [1.807, 2.05) is 18.2 Å². The highest BCUT2D eigenvalue weighted by molar-refractivity contribution is 7.85. The fourth-order valence-corrected chi connectivity index (χ4v) is 4.06. The predicted molar refractivity (Wildman–Crippen MR) is 108 cm³/mol. The van der Waals surface area contributed by atoms with Gasteiger partial charge in [0.05, 0.1) is 27.4 Å². The largest absolute Gasteiger partial charge is 0.355 e. The summed E-state index contributed by atoms with van der Waals surface area (Å²) in [5.74, 6) is -0.134. The topological polar surface area (TPSA) is 109 Å². The summed E-state index contributed by atoms with van der Waals surface area (Å²) in [4.78, 5) is 21.8. The van der Waals surface area contributed by atoms with E-state index in [0.717, 1.165) is 5.56 Å². The van der Waals surface area contributed by atoms with Crippen molar-refractivity contribution in [3.63, 3.8) is 0 Å². The van der Waals surface area contributed by atoms with Gasteiger partial charge in [-0.25, -0.2) is 9.97 Å². The smallest absolute Gasteiger partial charge is 0.294 e. The van der Waals surface area contributed by atoms with E-state index in [-0.39, 0.29) is 10.7 Å². The van der Waals surface area contributed by atoms with Crippen LogP contribution in [-0.4, -0.2) is 28.7 Å². The molecule has 0 radical (unpaired) electrons. The Balaban J connectivity index is 1.68. The molecule has 0 aliphatic heterocycles. The van der Waals surface area contributed by atoms with Gasteiger partial charge in [0.15, 0.2) is 5.78 Å². The van der Waals surface area contributed by atoms with Crippen LogP contribution in [0.25, 0.3) is 22.2 Å². The molecule has 0 saturated heterocycles. The third kappa shape index (κ3) is 2.77. The minimum Gasteiger partial charge on any atom is -0.355 e. The lowest BCUT2D eigenvalue weighted by atomic mass is 9.86. The maximum atomic E-state index is 13.3. The molecule has 4 aromatic rings. The molecular formula is C21H13N3O4S. The van der Waals surface area contributed by atoms with Crippen LogP contribution in [0, 0.1) is 0 Å². The lowest BCUT2D eigenvalue weighted by molar-refractivity contribution is 0.104. The second-order valence-corrected chi connectivity index (χ2v) is 8.03. The molecule has 1 aliphatic rings. The van der Waals surface area contributed by atoms with E-state index in [1.54, 1.807) is 18.2 Å². The maximum Gasteiger partial charge on any atom is 0.294 e. The summed E-state index contributed by atoms with van der Waals surface area (Å²) < 4.78 is 31.6. The number of carbonyl (C=O) groups is 1. The first kappa shape index (κ1) is 17.5. The van der Waals surface area contributed by atoms with E-state index in [4.69, 9.17) is 4.55 Å². The lowest BCUT2D eigenvalue weighted by Gasteiger charge is -2.21. The number of fused-ring (bicyclic) bond motifs is 2. The average molecular weight is 403 g/mol. The number of hydrogen-bond acceptors (Lipinski definition) is 6. The van der Waals surface area contributed by atoms with Crippen molar-refractivity contribution in [3.05, 3.63) is 78.1 Å². The highest BCUT2D eigenvalue weighted by atomic mass is 32.2. The normalized spacial score (nSPS) is 12.7. The van der Waals surface area contributed by atoms with Crippen molar-refractivity contribution in [2.75, 3.05) is 5.32 Å². The average Bonchev–Trinajstić information content (AvgIpc) is 2.72. The van der Waals surface area contributed by atoms with Crippen molar-refractivity contribution < 1.29 is 17.8 Å². The van der Waals surface area contributed by atoms with Crippen molar-refractivity contribution in [2.45, 2.75) is 4.90 Å². The monoisotopic (exact) mass is 403 g/mol. The fraction of sp³-hybridized carbons (Fsp3) is 0. The number of carbonyl (C=O) groups excluding carboxylic acids is 1. The molecule has 1 heterocycles. The Kier molecular flexibility index (Phi) is 3.73. The number of nitrogens with one attached hydrogen (secondary N) is 1. The number of anilines is 2. The van der Waals surface area contributed by atoms with E-state index in [2.05, 4.69) is 15.3 Å². The Labute approximate surface area is 165 Å². The maximum absolute atomic E-state index is 13.3. The van der Waals surface area contributed by atoms with Crippen molar-refractivity contribution in [1.82, 2.24) is 9.97 Å². The minimum atomic E-state index is -4.27. The molecule has 0 unspecified atom stereocenters. The molecule has 7 nitrogen and oxygen atoms in total. The number of rotatable bonds is 3. The van der Waals surface area contributed by atoms with E-state index >= 15 is 0 Å². The fourth-order valence-electron chi connectivity index (χ4n) is 3.58. The van der Waals surface area contributed by atoms with Gasteiger partial charge in [-0.2, -0.15) is 8.42 Å². The minimum absolute atomic E-state index is 0.134. The van der Waals surface area contributed by atoms with Gasteiger partial charge in [-0.1, -0.05) is 24.3 Å². The zero-order valence-corrected chi connectivity index (χ0v) is 15.6. The summed E-state index contributed by atoms with van der Waals surface area (Å²) in [7, 11) is -4.27. The molecule has 2 N–H and O–H groups in total. The Bertz CT molecular complexity index is 1410. The van der Waals surface area contributed by atoms with Gasteiger partial charge in [-0.3, -0.25) is 9.35 Å². The SMILES string of the molecule is O=C1c2ccccc2-c2ncnc3ccc(Nc4ccc(S(=O)(=O)O)cc4)c1c23. The van der Waals surface area contributed by atoms with Crippen molar-refractivity contribution in [3.8, 4) is 11.3 Å². The molecule has 1 aromatic heterocycles. The molecule has 0 fully saturated rings. The van der Waals surface area contributed by atoms with Crippen LogP contribution in [0.15, 0.2) is 71.9 Å². The lowest BCUT2D eigenvalue weighted by Crippen LogP contribution is -2.13. The van der Waals surface area contributed by atoms with Crippen LogP contribution in [0.4, 0.5) is 11.4 Å². The third-order valence-corrected chi connectivity index (χ3v) is 5.76. The number of nitrogens with zero attached hydrogens (tertiary/aromatic N) is 2. The summed E-state index contributed by atoms with van der Waals surface area (Å²) >= 11 is 0. The number of aromatic nitrogens is 2. The molecule has 29 heavy (non-hydrogen) atoms. The molecule has 0 atom stereocenters. The van der Waals surface area contributed by atoms with E-state index in [1.165, 1.54) is 30.6 Å². The van der Waals surface area contributed by atoms with Gasteiger partial charge in [-0.05, 0) is 36.4 Å². The second kappa shape index (κ2) is 6.20. The van der Waals surface area contributed by atoms with Crippen molar-refractivity contribution in [1.29, 1.82) is 0 Å². The summed E-state index contributed by atoms with van der Waals surface area (Å²) in [5.41, 5.74) is 4.30. The highest BCUT2D eigenvalue weighted by Crippen LogP contribution is 2.40. The summed E-state index contributed by atoms with van der Waals surface area (Å²) in [6, 6.07) is 16.5. The Hall–Kier alpha value is -3.62. The molecule has 0 spiro atoms. The number of ketones is 1. The van der Waals surface area contributed by atoms with Crippen molar-refractivity contribution in [2.24, 2.45) is 0 Å². The molecule has 142 valence electrons. The molecule has 0 amide bonds. The zero-order valence-electron chi connectivity index (χ0n) is 14.8. The Morgan fingerprint density at radius 3 is 2.31 bits per heavy atom. The predicted octanol–water partition coefficient (Wildman–Crippen LogP) is 3.83. The highest BCUT2D eigenvalue weighted by Gasteiger charge is 2.28. The standard InChI is InChI=1S/C21H13N3O4S/c25-21-15-4-2-1-3-14(15)20-18-16(22-11-23-20)9-10-17(19(18)21)24-12-5-7-13(8-6-12)29(26,27)28/h1-11,24H,(H,26,27,28). The van der Waals surface area contributed by atoms with Gasteiger partial charge in [0.25, 0.3) is 10.1 Å². The van der Waals surface area contributed by atoms with Crippen LogP contribution in [0.1, 0.15) is 15.9 Å². The third-order valence-electron chi connectivity index (χ3n) is 4.89. The Morgan fingerprint density at radius 1 is 0.862 bits per heavy atom. The van der Waals surface area contributed by atoms with Crippen LogP contribution < -0.4 is 5.32 Å². The summed E-state index contributed by atoms with van der Waals surface area (Å²) in [6.07, 6.45) is 1.48. The zero-order chi connectivity index (χ0) is 20.2. The molecule has 0 bridgehead atoms. The Morgan fingerprint density at radius 2 is 1.59 bits per heavy atom. The van der Waals surface area contributed by atoms with Gasteiger partial charge >= 0.3 is 0 Å². The second-order valence-electron chi connectivity index (χ2n) is 6.60. The molecule has 5 rings (SSSR count). The molecule has 8 heteroatoms. The van der Waals surface area contributed by atoms with Gasteiger partial charge in [0, 0.05) is 22.2 Å². The molecule has 3 aromatic carbocycles. The van der Waals surface area contributed by atoms with Crippen LogP contribution in [0.3, 0.4) is 0 Å². The quantitative estimate of drug-likeness (QED) is 0.441. The van der Waals surface area contributed by atoms with Crippen LogP contribution in [0.2, 0.25) is 0 Å². The molecular weight excluding hydrogens is 390 g/mol. The number of hydrogen-bond donors (Lipinski definition) is 2. The van der Waals surface area contributed by atoms with Crippen LogP contribution in [-0.2, 0) is 10.1 Å². The first-order valence-corrected chi connectivity index (χ1v) is 10.1. The number of benzene rings is 3. The molecule has 1 aliphatic carbocycles. The van der Waals surface area contributed by atoms with Gasteiger partial charge in [0.2, 0.25) is 0 Å². The first-order chi connectivity index (χ1) is 13.9. The van der Waals surface area contributed by atoms with Crippen LogP contribution in [0.5, 0.6) is 0 Å². The summed E-state index contributed by atoms with van der Waals surface area (Å²) in [5, 5.41) is 3.84.